The van der Waals surface area contributed by atoms with Crippen LogP contribution in [0.3, 0.4) is 0 Å². The first kappa shape index (κ1) is 16.3. The molecule has 1 heterocycles. The Morgan fingerprint density at radius 2 is 1.88 bits per heavy atom. The third-order valence-electron chi connectivity index (χ3n) is 3.87. The Hall–Kier alpha value is -2.59. The van der Waals surface area contributed by atoms with Gasteiger partial charge in [-0.2, -0.15) is 0 Å². The lowest BCUT2D eigenvalue weighted by molar-refractivity contribution is 0.0932. The number of fused-ring (bicyclic) bond motifs is 1. The summed E-state index contributed by atoms with van der Waals surface area (Å²) in [4.78, 5) is 24.6. The highest BCUT2D eigenvalue weighted by Crippen LogP contribution is 2.20. The predicted octanol–water partition coefficient (Wildman–Crippen LogP) is 4.33. The predicted molar refractivity (Wildman–Crippen MR) is 94.4 cm³/mol. The van der Waals surface area contributed by atoms with E-state index in [-0.39, 0.29) is 11.6 Å². The molecule has 1 aromatic heterocycles. The third kappa shape index (κ3) is 3.34. The lowest BCUT2D eigenvalue weighted by Crippen LogP contribution is -2.31. The fraction of sp³-hybridized carbons (Fsp3) is 0.158. The van der Waals surface area contributed by atoms with Crippen molar-refractivity contribution in [1.29, 1.82) is 0 Å². The van der Waals surface area contributed by atoms with Crippen LogP contribution in [0.4, 0.5) is 0 Å². The average molecular weight is 342 g/mol. The quantitative estimate of drug-likeness (QED) is 0.718. The molecule has 122 valence electrons. The van der Waals surface area contributed by atoms with Gasteiger partial charge in [0.1, 0.15) is 11.1 Å². The van der Waals surface area contributed by atoms with Gasteiger partial charge in [-0.3, -0.25) is 4.79 Å². The van der Waals surface area contributed by atoms with Crippen molar-refractivity contribution in [3.63, 3.8) is 0 Å². The maximum Gasteiger partial charge on any atom is 0.349 e. The zero-order valence-electron chi connectivity index (χ0n) is 13.1. The molecule has 0 saturated heterocycles. The Kier molecular flexibility index (Phi) is 4.67. The maximum absolute atomic E-state index is 12.5. The van der Waals surface area contributed by atoms with E-state index in [0.717, 1.165) is 5.56 Å². The minimum Gasteiger partial charge on any atom is -0.422 e. The molecule has 0 bridgehead atoms. The van der Waals surface area contributed by atoms with Gasteiger partial charge in [-0.05, 0) is 36.2 Å². The molecule has 1 N–H and O–H groups in total. The molecule has 24 heavy (non-hydrogen) atoms. The summed E-state index contributed by atoms with van der Waals surface area (Å²) in [5, 5.41) is 4.23. The molecule has 0 aliphatic heterocycles. The van der Waals surface area contributed by atoms with Crippen molar-refractivity contribution >= 4 is 28.5 Å². The Morgan fingerprint density at radius 3 is 2.58 bits per heavy atom. The van der Waals surface area contributed by atoms with Crippen LogP contribution < -0.4 is 10.9 Å². The Morgan fingerprint density at radius 1 is 1.17 bits per heavy atom. The minimum atomic E-state index is -0.642. The number of halogens is 1. The second-order valence-corrected chi connectivity index (χ2v) is 5.91. The largest absolute Gasteiger partial charge is 0.422 e. The van der Waals surface area contributed by atoms with Gasteiger partial charge in [0.25, 0.3) is 5.91 Å². The number of carbonyl (C=O) groups excluding carboxylic acids is 1. The molecule has 0 saturated carbocycles. The van der Waals surface area contributed by atoms with Crippen LogP contribution in [0.15, 0.2) is 63.8 Å². The van der Waals surface area contributed by atoms with Crippen LogP contribution in [0.5, 0.6) is 0 Å². The number of amides is 1. The molecule has 3 aromatic rings. The van der Waals surface area contributed by atoms with E-state index in [2.05, 4.69) is 5.32 Å². The monoisotopic (exact) mass is 341 g/mol. The van der Waals surface area contributed by atoms with Gasteiger partial charge >= 0.3 is 5.63 Å². The first-order chi connectivity index (χ1) is 11.6. The zero-order valence-corrected chi connectivity index (χ0v) is 13.8. The first-order valence-electron chi connectivity index (χ1n) is 7.67. The molecular formula is C19H16ClNO3. The van der Waals surface area contributed by atoms with E-state index in [1.807, 2.05) is 25.1 Å². The molecular weight excluding hydrogens is 326 g/mol. The lowest BCUT2D eigenvalue weighted by Gasteiger charge is -2.17. The lowest BCUT2D eigenvalue weighted by atomic mass is 10.0. The number of benzene rings is 2. The molecule has 1 amide bonds. The number of rotatable bonds is 4. The zero-order chi connectivity index (χ0) is 17.1. The van der Waals surface area contributed by atoms with Crippen LogP contribution in [0.2, 0.25) is 5.02 Å². The molecule has 3 rings (SSSR count). The van der Waals surface area contributed by atoms with Gasteiger partial charge < -0.3 is 9.73 Å². The Bertz CT molecular complexity index is 931. The molecule has 1 unspecified atom stereocenters. The van der Waals surface area contributed by atoms with Crippen molar-refractivity contribution in [3.05, 3.63) is 81.2 Å². The molecule has 5 heteroatoms. The Balaban J connectivity index is 1.89. The smallest absolute Gasteiger partial charge is 0.349 e. The van der Waals surface area contributed by atoms with Crippen LogP contribution in [0.1, 0.15) is 35.3 Å². The van der Waals surface area contributed by atoms with Crippen LogP contribution >= 0.6 is 11.6 Å². The van der Waals surface area contributed by atoms with Gasteiger partial charge in [-0.15, -0.1) is 0 Å². The minimum absolute atomic E-state index is 0.00103. The van der Waals surface area contributed by atoms with Crippen molar-refractivity contribution in [2.24, 2.45) is 0 Å². The van der Waals surface area contributed by atoms with E-state index in [9.17, 15) is 9.59 Å². The highest BCUT2D eigenvalue weighted by molar-refractivity contribution is 6.30. The summed E-state index contributed by atoms with van der Waals surface area (Å²) in [7, 11) is 0. The summed E-state index contributed by atoms with van der Waals surface area (Å²) in [6.07, 6.45) is 0.687. The van der Waals surface area contributed by atoms with Crippen LogP contribution in [-0.4, -0.2) is 5.91 Å². The van der Waals surface area contributed by atoms with E-state index in [1.165, 1.54) is 0 Å². The number of hydrogen-bond donors (Lipinski definition) is 1. The highest BCUT2D eigenvalue weighted by atomic mass is 35.5. The molecule has 0 spiro atoms. The molecule has 4 nitrogen and oxygen atoms in total. The van der Waals surface area contributed by atoms with E-state index in [0.29, 0.717) is 22.4 Å². The van der Waals surface area contributed by atoms with Gasteiger partial charge in [0.2, 0.25) is 0 Å². The summed E-state index contributed by atoms with van der Waals surface area (Å²) in [5.41, 5.74) is 0.752. The second-order valence-electron chi connectivity index (χ2n) is 5.47. The van der Waals surface area contributed by atoms with Crippen LogP contribution in [0.25, 0.3) is 11.0 Å². The van der Waals surface area contributed by atoms with Crippen molar-refractivity contribution < 1.29 is 9.21 Å². The molecule has 0 fully saturated rings. The normalized spacial score (nSPS) is 12.1. The van der Waals surface area contributed by atoms with Crippen molar-refractivity contribution in [2.45, 2.75) is 19.4 Å². The average Bonchev–Trinajstić information content (AvgIpc) is 2.59. The van der Waals surface area contributed by atoms with Gasteiger partial charge in [0.05, 0.1) is 6.04 Å². The fourth-order valence-electron chi connectivity index (χ4n) is 2.57. The molecule has 0 radical (unpaired) electrons. The fourth-order valence-corrected chi connectivity index (χ4v) is 2.70. The topological polar surface area (TPSA) is 59.3 Å². The summed E-state index contributed by atoms with van der Waals surface area (Å²) in [6.45, 7) is 1.96. The van der Waals surface area contributed by atoms with Crippen LogP contribution in [-0.2, 0) is 0 Å². The van der Waals surface area contributed by atoms with E-state index < -0.39 is 11.5 Å². The number of hydrogen-bond acceptors (Lipinski definition) is 3. The number of carbonyl (C=O) groups is 1. The van der Waals surface area contributed by atoms with Crippen molar-refractivity contribution in [2.75, 3.05) is 0 Å². The molecule has 0 aliphatic rings. The van der Waals surface area contributed by atoms with Gasteiger partial charge in [0, 0.05) is 10.4 Å². The first-order valence-corrected chi connectivity index (χ1v) is 8.05. The Labute approximate surface area is 144 Å². The van der Waals surface area contributed by atoms with Crippen molar-refractivity contribution in [3.8, 4) is 0 Å². The summed E-state index contributed by atoms with van der Waals surface area (Å²) >= 11 is 5.90. The highest BCUT2D eigenvalue weighted by Gasteiger charge is 2.18. The SMILES string of the molecule is CCC(NC(=O)c1cc2ccccc2oc1=O)c1ccc(Cl)cc1. The molecule has 1 atom stereocenters. The van der Waals surface area contributed by atoms with Gasteiger partial charge in [-0.1, -0.05) is 48.9 Å². The van der Waals surface area contributed by atoms with Crippen molar-refractivity contribution in [1.82, 2.24) is 5.32 Å². The van der Waals surface area contributed by atoms with E-state index in [1.54, 1.807) is 36.4 Å². The summed E-state index contributed by atoms with van der Waals surface area (Å²) in [5.74, 6) is -0.448. The van der Waals surface area contributed by atoms with Gasteiger partial charge in [0.15, 0.2) is 0 Å². The van der Waals surface area contributed by atoms with E-state index in [4.69, 9.17) is 16.0 Å². The summed E-state index contributed by atoms with van der Waals surface area (Å²) < 4.78 is 5.22. The molecule has 0 aliphatic carbocycles. The van der Waals surface area contributed by atoms with E-state index >= 15 is 0 Å². The third-order valence-corrected chi connectivity index (χ3v) is 4.12. The maximum atomic E-state index is 12.5. The standard InChI is InChI=1S/C19H16ClNO3/c1-2-16(12-7-9-14(20)10-8-12)21-18(22)15-11-13-5-3-4-6-17(13)24-19(15)23/h3-11,16H,2H2,1H3,(H,21,22). The number of nitrogens with one attached hydrogen (secondary N) is 1. The summed E-state index contributed by atoms with van der Waals surface area (Å²) in [6, 6.07) is 15.7. The van der Waals surface area contributed by atoms with Crippen LogP contribution in [0, 0.1) is 0 Å². The second kappa shape index (κ2) is 6.89. The molecule has 2 aromatic carbocycles. The van der Waals surface area contributed by atoms with Gasteiger partial charge in [-0.25, -0.2) is 4.79 Å². The number of para-hydroxylation sites is 1.